The Kier molecular flexibility index (Phi) is 6.06. The number of carbonyl (C=O) groups is 1. The molecule has 0 aromatic heterocycles. The van der Waals surface area contributed by atoms with Crippen LogP contribution in [0.2, 0.25) is 0 Å². The fourth-order valence-corrected chi connectivity index (χ4v) is 4.12. The van der Waals surface area contributed by atoms with Gasteiger partial charge in [0.2, 0.25) is 0 Å². The van der Waals surface area contributed by atoms with Crippen molar-refractivity contribution in [3.05, 3.63) is 0 Å². The van der Waals surface area contributed by atoms with Crippen LogP contribution in [0.25, 0.3) is 0 Å². The summed E-state index contributed by atoms with van der Waals surface area (Å²) in [5.41, 5.74) is -0.192. The van der Waals surface area contributed by atoms with E-state index in [0.29, 0.717) is 11.8 Å². The summed E-state index contributed by atoms with van der Waals surface area (Å²) in [6.45, 7) is 17.6. The van der Waals surface area contributed by atoms with Crippen molar-refractivity contribution in [3.63, 3.8) is 0 Å². The summed E-state index contributed by atoms with van der Waals surface area (Å²) in [4.78, 5) is 15.5. The van der Waals surface area contributed by atoms with Gasteiger partial charge in [-0.3, -0.25) is 9.69 Å². The Morgan fingerprint density at radius 2 is 1.62 bits per heavy atom. The molecule has 0 amide bonds. The van der Waals surface area contributed by atoms with Crippen LogP contribution in [0.1, 0.15) is 87.5 Å². The Morgan fingerprint density at radius 3 is 2.00 bits per heavy atom. The summed E-state index contributed by atoms with van der Waals surface area (Å²) >= 11 is 0. The minimum atomic E-state index is -0.246. The van der Waals surface area contributed by atoms with E-state index in [9.17, 15) is 4.79 Å². The zero-order valence-electron chi connectivity index (χ0n) is 15.6. The van der Waals surface area contributed by atoms with Crippen LogP contribution in [0.5, 0.6) is 0 Å². The molecule has 0 aromatic carbocycles. The highest BCUT2D eigenvalue weighted by molar-refractivity contribution is 5.89. The number of rotatable bonds is 4. The number of hydrogen-bond donors (Lipinski definition) is 0. The largest absolute Gasteiger partial charge is 0.297 e. The molecule has 2 heteroatoms. The predicted octanol–water partition coefficient (Wildman–Crippen LogP) is 5.06. The average Bonchev–Trinajstić information content (AvgIpc) is 2.35. The maximum absolute atomic E-state index is 13.0. The summed E-state index contributed by atoms with van der Waals surface area (Å²) < 4.78 is 0. The highest BCUT2D eigenvalue weighted by atomic mass is 16.1. The van der Waals surface area contributed by atoms with E-state index in [0.717, 1.165) is 18.8 Å². The maximum atomic E-state index is 13.0. The summed E-state index contributed by atoms with van der Waals surface area (Å²) in [5, 5.41) is 0. The third kappa shape index (κ3) is 4.31. The molecule has 1 aliphatic rings. The van der Waals surface area contributed by atoms with E-state index in [1.807, 2.05) is 0 Å². The quantitative estimate of drug-likeness (QED) is 0.722. The monoisotopic (exact) mass is 295 g/mol. The molecule has 2 nitrogen and oxygen atoms in total. The Hall–Kier alpha value is -0.370. The topological polar surface area (TPSA) is 20.3 Å². The average molecular weight is 296 g/mol. The van der Waals surface area contributed by atoms with E-state index in [1.165, 1.54) is 19.3 Å². The molecule has 0 bridgehead atoms. The van der Waals surface area contributed by atoms with Gasteiger partial charge >= 0.3 is 0 Å². The number of piperidine rings is 1. The van der Waals surface area contributed by atoms with Crippen molar-refractivity contribution in [2.75, 3.05) is 0 Å². The fraction of sp³-hybridized carbons (Fsp3) is 0.947. The van der Waals surface area contributed by atoms with Crippen LogP contribution in [0.15, 0.2) is 0 Å². The van der Waals surface area contributed by atoms with Crippen molar-refractivity contribution < 1.29 is 4.79 Å². The number of likely N-dealkylation sites (tertiary alicyclic amines) is 1. The Labute approximate surface area is 132 Å². The minimum Gasteiger partial charge on any atom is -0.297 e. The lowest BCUT2D eigenvalue weighted by atomic mass is 9.74. The lowest BCUT2D eigenvalue weighted by Gasteiger charge is -2.53. The second kappa shape index (κ2) is 6.81. The minimum absolute atomic E-state index is 0.0542. The van der Waals surface area contributed by atoms with E-state index in [-0.39, 0.29) is 17.0 Å². The zero-order chi connectivity index (χ0) is 16.4. The molecule has 21 heavy (non-hydrogen) atoms. The summed E-state index contributed by atoms with van der Waals surface area (Å²) in [6, 6.07) is 0.651. The van der Waals surface area contributed by atoms with Crippen LogP contribution in [-0.4, -0.2) is 28.3 Å². The molecule has 1 saturated heterocycles. The summed E-state index contributed by atoms with van der Waals surface area (Å²) in [7, 11) is 0. The van der Waals surface area contributed by atoms with Gasteiger partial charge in [0.05, 0.1) is 6.04 Å². The zero-order valence-corrected chi connectivity index (χ0v) is 15.6. The van der Waals surface area contributed by atoms with Gasteiger partial charge in [-0.2, -0.15) is 0 Å². The molecular weight excluding hydrogens is 258 g/mol. The highest BCUT2D eigenvalue weighted by Gasteiger charge is 2.45. The number of hydrogen-bond acceptors (Lipinski definition) is 2. The van der Waals surface area contributed by atoms with Gasteiger partial charge in [0.25, 0.3) is 0 Å². The fourth-order valence-electron chi connectivity index (χ4n) is 4.12. The molecular formula is C19H37NO. The summed E-state index contributed by atoms with van der Waals surface area (Å²) in [5.74, 6) is 1.18. The molecule has 0 aromatic rings. The van der Waals surface area contributed by atoms with Gasteiger partial charge in [0, 0.05) is 17.0 Å². The van der Waals surface area contributed by atoms with Gasteiger partial charge in [-0.05, 0) is 52.4 Å². The third-order valence-corrected chi connectivity index (χ3v) is 4.94. The van der Waals surface area contributed by atoms with Gasteiger partial charge in [0.15, 0.2) is 5.78 Å². The van der Waals surface area contributed by atoms with Gasteiger partial charge in [-0.25, -0.2) is 0 Å². The second-order valence-corrected chi connectivity index (χ2v) is 8.81. The first-order chi connectivity index (χ1) is 9.54. The third-order valence-electron chi connectivity index (χ3n) is 4.94. The van der Waals surface area contributed by atoms with Crippen LogP contribution in [0.3, 0.4) is 0 Å². The van der Waals surface area contributed by atoms with Crippen molar-refractivity contribution in [2.24, 2.45) is 11.3 Å². The first-order valence-corrected chi connectivity index (χ1v) is 8.86. The first kappa shape index (κ1) is 18.7. The normalized spacial score (nSPS) is 28.7. The highest BCUT2D eigenvalue weighted by Crippen LogP contribution is 2.39. The van der Waals surface area contributed by atoms with Crippen molar-refractivity contribution in [3.8, 4) is 0 Å². The SMILES string of the molecule is CCCC1CCC(C(=O)C(C)(C)C)N(C(C)(C)C)C1CC. The second-order valence-electron chi connectivity index (χ2n) is 8.81. The standard InChI is InChI=1S/C19H37NO/c1-9-11-14-12-13-16(17(21)18(3,4)5)20(15(14)10-2)19(6,7)8/h14-16H,9-13H2,1-8H3. The molecule has 3 unspecified atom stereocenters. The predicted molar refractivity (Wildman–Crippen MR) is 91.6 cm³/mol. The van der Waals surface area contributed by atoms with Crippen molar-refractivity contribution in [1.82, 2.24) is 4.90 Å². The van der Waals surface area contributed by atoms with E-state index >= 15 is 0 Å². The number of Topliss-reactive ketones (excluding diaryl/α,β-unsaturated/α-hetero) is 1. The van der Waals surface area contributed by atoms with Crippen LogP contribution < -0.4 is 0 Å². The van der Waals surface area contributed by atoms with E-state index in [1.54, 1.807) is 0 Å². The molecule has 1 rings (SSSR count). The van der Waals surface area contributed by atoms with Crippen LogP contribution in [0, 0.1) is 11.3 Å². The van der Waals surface area contributed by atoms with Crippen LogP contribution in [-0.2, 0) is 4.79 Å². The molecule has 0 radical (unpaired) electrons. The molecule has 0 saturated carbocycles. The molecule has 0 spiro atoms. The number of ketones is 1. The van der Waals surface area contributed by atoms with E-state index < -0.39 is 0 Å². The molecule has 124 valence electrons. The summed E-state index contributed by atoms with van der Waals surface area (Å²) in [6.07, 6.45) is 5.94. The molecule has 1 heterocycles. The Bertz CT molecular complexity index is 348. The molecule has 3 atom stereocenters. The number of nitrogens with zero attached hydrogens (tertiary/aromatic N) is 1. The Balaban J connectivity index is 3.13. The Morgan fingerprint density at radius 1 is 1.05 bits per heavy atom. The molecule has 1 aliphatic heterocycles. The van der Waals surface area contributed by atoms with Gasteiger partial charge in [-0.15, -0.1) is 0 Å². The van der Waals surface area contributed by atoms with E-state index in [2.05, 4.69) is 60.3 Å². The van der Waals surface area contributed by atoms with Crippen molar-refractivity contribution in [1.29, 1.82) is 0 Å². The van der Waals surface area contributed by atoms with E-state index in [4.69, 9.17) is 0 Å². The van der Waals surface area contributed by atoms with Crippen molar-refractivity contribution in [2.45, 2.75) is 105 Å². The van der Waals surface area contributed by atoms with Gasteiger partial charge < -0.3 is 0 Å². The maximum Gasteiger partial charge on any atom is 0.155 e. The lowest BCUT2D eigenvalue weighted by molar-refractivity contribution is -0.140. The molecule has 0 N–H and O–H groups in total. The smallest absolute Gasteiger partial charge is 0.155 e. The molecule has 1 fully saturated rings. The van der Waals surface area contributed by atoms with Crippen LogP contribution in [0.4, 0.5) is 0 Å². The van der Waals surface area contributed by atoms with Crippen molar-refractivity contribution >= 4 is 5.78 Å². The number of carbonyl (C=O) groups excluding carboxylic acids is 1. The lowest BCUT2D eigenvalue weighted by Crippen LogP contribution is -2.62. The first-order valence-electron chi connectivity index (χ1n) is 8.86. The van der Waals surface area contributed by atoms with Gasteiger partial charge in [0.1, 0.15) is 0 Å². The molecule has 0 aliphatic carbocycles. The van der Waals surface area contributed by atoms with Crippen LogP contribution >= 0.6 is 0 Å². The van der Waals surface area contributed by atoms with Gasteiger partial charge in [-0.1, -0.05) is 41.0 Å².